The summed E-state index contributed by atoms with van der Waals surface area (Å²) in [6.45, 7) is 8.15. The topological polar surface area (TPSA) is 43.8 Å². The fraction of sp³-hybridized carbons (Fsp3) is 0.533. The van der Waals surface area contributed by atoms with Crippen molar-refractivity contribution in [2.24, 2.45) is 0 Å². The molecule has 2 rings (SSSR count). The van der Waals surface area contributed by atoms with Crippen LogP contribution in [0.3, 0.4) is 0 Å². The second-order valence-electron chi connectivity index (χ2n) is 5.44. The second kappa shape index (κ2) is 6.06. The van der Waals surface area contributed by atoms with E-state index < -0.39 is 6.09 Å². The molecule has 1 heterocycles. The van der Waals surface area contributed by atoms with Gasteiger partial charge in [0.2, 0.25) is 0 Å². The van der Waals surface area contributed by atoms with Crippen LogP contribution in [0.2, 0.25) is 0 Å². The van der Waals surface area contributed by atoms with Crippen molar-refractivity contribution in [1.29, 1.82) is 0 Å². The minimum absolute atomic E-state index is 0.563. The first kappa shape index (κ1) is 13.9. The third-order valence-corrected chi connectivity index (χ3v) is 3.70. The quantitative estimate of drug-likeness (QED) is 0.910. The maximum atomic E-state index is 10.8. The highest BCUT2D eigenvalue weighted by Crippen LogP contribution is 2.16. The van der Waals surface area contributed by atoms with Crippen molar-refractivity contribution in [1.82, 2.24) is 9.80 Å². The van der Waals surface area contributed by atoms with Gasteiger partial charge in [-0.05, 0) is 17.0 Å². The van der Waals surface area contributed by atoms with Gasteiger partial charge in [0.05, 0.1) is 0 Å². The van der Waals surface area contributed by atoms with Crippen LogP contribution in [0.4, 0.5) is 4.79 Å². The van der Waals surface area contributed by atoms with Gasteiger partial charge in [-0.3, -0.25) is 4.90 Å². The Morgan fingerprint density at radius 1 is 1.16 bits per heavy atom. The molecule has 1 aliphatic heterocycles. The lowest BCUT2D eigenvalue weighted by atomic mass is 10.0. The number of carbonyl (C=O) groups is 1. The number of amides is 1. The molecule has 4 nitrogen and oxygen atoms in total. The molecule has 1 aromatic carbocycles. The van der Waals surface area contributed by atoms with E-state index in [1.54, 1.807) is 0 Å². The predicted octanol–water partition coefficient (Wildman–Crippen LogP) is 2.61. The number of hydrogen-bond acceptors (Lipinski definition) is 2. The molecule has 0 aromatic heterocycles. The van der Waals surface area contributed by atoms with Gasteiger partial charge in [-0.25, -0.2) is 4.79 Å². The van der Waals surface area contributed by atoms with Gasteiger partial charge >= 0.3 is 6.09 Å². The lowest BCUT2D eigenvalue weighted by molar-refractivity contribution is 0.103. The van der Waals surface area contributed by atoms with E-state index in [1.807, 2.05) is 0 Å². The number of benzene rings is 1. The van der Waals surface area contributed by atoms with Crippen LogP contribution in [0.15, 0.2) is 24.3 Å². The standard InChI is InChI=1S/C15H22N2O2/c1-12(2)14-5-3-13(4-6-14)11-16-7-9-17(10-8-16)15(18)19/h3-6,12H,7-11H2,1-2H3,(H,18,19). The first-order chi connectivity index (χ1) is 9.06. The third kappa shape index (κ3) is 3.70. The molecule has 0 bridgehead atoms. The fourth-order valence-corrected chi connectivity index (χ4v) is 2.36. The van der Waals surface area contributed by atoms with Gasteiger partial charge < -0.3 is 10.0 Å². The summed E-state index contributed by atoms with van der Waals surface area (Å²) in [6.07, 6.45) is -0.805. The zero-order valence-electron chi connectivity index (χ0n) is 11.7. The summed E-state index contributed by atoms with van der Waals surface area (Å²) < 4.78 is 0. The average Bonchev–Trinajstić information content (AvgIpc) is 2.40. The molecule has 104 valence electrons. The van der Waals surface area contributed by atoms with Gasteiger partial charge in [-0.1, -0.05) is 38.1 Å². The summed E-state index contributed by atoms with van der Waals surface area (Å²) in [7, 11) is 0. The highest BCUT2D eigenvalue weighted by Gasteiger charge is 2.20. The zero-order valence-corrected chi connectivity index (χ0v) is 11.7. The van der Waals surface area contributed by atoms with E-state index >= 15 is 0 Å². The monoisotopic (exact) mass is 262 g/mol. The molecule has 1 aromatic rings. The molecule has 0 unspecified atom stereocenters. The maximum Gasteiger partial charge on any atom is 0.407 e. The highest BCUT2D eigenvalue weighted by molar-refractivity contribution is 5.65. The smallest absolute Gasteiger partial charge is 0.407 e. The van der Waals surface area contributed by atoms with Gasteiger partial charge in [0.1, 0.15) is 0 Å². The molecule has 0 spiro atoms. The van der Waals surface area contributed by atoms with Crippen LogP contribution in [-0.2, 0) is 6.54 Å². The van der Waals surface area contributed by atoms with Crippen molar-refractivity contribution >= 4 is 6.09 Å². The van der Waals surface area contributed by atoms with E-state index in [9.17, 15) is 4.79 Å². The Balaban J connectivity index is 1.87. The summed E-state index contributed by atoms with van der Waals surface area (Å²) in [4.78, 5) is 14.6. The van der Waals surface area contributed by atoms with E-state index in [0.717, 1.165) is 19.6 Å². The van der Waals surface area contributed by atoms with Crippen LogP contribution in [-0.4, -0.2) is 47.2 Å². The Morgan fingerprint density at radius 2 is 1.74 bits per heavy atom. The average molecular weight is 262 g/mol. The molecular weight excluding hydrogens is 240 g/mol. The summed E-state index contributed by atoms with van der Waals surface area (Å²) in [5.41, 5.74) is 2.66. The molecule has 0 radical (unpaired) electrons. The molecular formula is C15H22N2O2. The molecule has 1 aliphatic rings. The van der Waals surface area contributed by atoms with Crippen molar-refractivity contribution in [3.8, 4) is 0 Å². The Kier molecular flexibility index (Phi) is 4.43. The van der Waals surface area contributed by atoms with Gasteiger partial charge in [-0.2, -0.15) is 0 Å². The number of hydrogen-bond donors (Lipinski definition) is 1. The number of rotatable bonds is 3. The zero-order chi connectivity index (χ0) is 13.8. The van der Waals surface area contributed by atoms with Gasteiger partial charge in [0, 0.05) is 32.7 Å². The van der Waals surface area contributed by atoms with Crippen molar-refractivity contribution in [2.45, 2.75) is 26.3 Å². The van der Waals surface area contributed by atoms with Crippen LogP contribution in [0.25, 0.3) is 0 Å². The molecule has 0 aliphatic carbocycles. The Labute approximate surface area is 114 Å². The predicted molar refractivity (Wildman–Crippen MR) is 75.4 cm³/mol. The van der Waals surface area contributed by atoms with Crippen molar-refractivity contribution in [3.63, 3.8) is 0 Å². The molecule has 4 heteroatoms. The van der Waals surface area contributed by atoms with Crippen molar-refractivity contribution < 1.29 is 9.90 Å². The van der Waals surface area contributed by atoms with Crippen LogP contribution >= 0.6 is 0 Å². The lowest BCUT2D eigenvalue weighted by Gasteiger charge is -2.33. The molecule has 1 amide bonds. The molecule has 0 saturated carbocycles. The molecule has 1 fully saturated rings. The number of piperazine rings is 1. The van der Waals surface area contributed by atoms with E-state index in [2.05, 4.69) is 43.0 Å². The SMILES string of the molecule is CC(C)c1ccc(CN2CCN(C(=O)O)CC2)cc1. The normalized spacial score (nSPS) is 16.9. The first-order valence-corrected chi connectivity index (χ1v) is 6.85. The van der Waals surface area contributed by atoms with Crippen LogP contribution < -0.4 is 0 Å². The summed E-state index contributed by atoms with van der Waals surface area (Å²) in [5, 5.41) is 8.90. The molecule has 19 heavy (non-hydrogen) atoms. The number of nitrogens with zero attached hydrogens (tertiary/aromatic N) is 2. The fourth-order valence-electron chi connectivity index (χ4n) is 2.36. The molecule has 1 saturated heterocycles. The summed E-state index contributed by atoms with van der Waals surface area (Å²) in [5.74, 6) is 0.563. The van der Waals surface area contributed by atoms with E-state index in [4.69, 9.17) is 5.11 Å². The van der Waals surface area contributed by atoms with Gasteiger partial charge in [0.15, 0.2) is 0 Å². The maximum absolute atomic E-state index is 10.8. The minimum atomic E-state index is -0.805. The van der Waals surface area contributed by atoms with E-state index in [0.29, 0.717) is 19.0 Å². The Morgan fingerprint density at radius 3 is 2.21 bits per heavy atom. The van der Waals surface area contributed by atoms with Gasteiger partial charge in [-0.15, -0.1) is 0 Å². The van der Waals surface area contributed by atoms with E-state index in [-0.39, 0.29) is 0 Å². The summed E-state index contributed by atoms with van der Waals surface area (Å²) in [6, 6.07) is 8.73. The third-order valence-electron chi connectivity index (χ3n) is 3.70. The minimum Gasteiger partial charge on any atom is -0.465 e. The number of carboxylic acid groups (broad SMARTS) is 1. The van der Waals surface area contributed by atoms with Crippen LogP contribution in [0, 0.1) is 0 Å². The lowest BCUT2D eigenvalue weighted by Crippen LogP contribution is -2.47. The van der Waals surface area contributed by atoms with E-state index in [1.165, 1.54) is 16.0 Å². The summed E-state index contributed by atoms with van der Waals surface area (Å²) >= 11 is 0. The highest BCUT2D eigenvalue weighted by atomic mass is 16.4. The van der Waals surface area contributed by atoms with Crippen LogP contribution in [0.1, 0.15) is 30.9 Å². The Bertz CT molecular complexity index is 420. The second-order valence-corrected chi connectivity index (χ2v) is 5.44. The Hall–Kier alpha value is -1.55. The van der Waals surface area contributed by atoms with Gasteiger partial charge in [0.25, 0.3) is 0 Å². The largest absolute Gasteiger partial charge is 0.465 e. The van der Waals surface area contributed by atoms with Crippen LogP contribution in [0.5, 0.6) is 0 Å². The molecule has 1 N–H and O–H groups in total. The van der Waals surface area contributed by atoms with Crippen molar-refractivity contribution in [3.05, 3.63) is 35.4 Å². The molecule has 0 atom stereocenters. The first-order valence-electron chi connectivity index (χ1n) is 6.85. The van der Waals surface area contributed by atoms with Crippen molar-refractivity contribution in [2.75, 3.05) is 26.2 Å².